The zero-order valence-electron chi connectivity index (χ0n) is 15.8. The highest BCUT2D eigenvalue weighted by molar-refractivity contribution is 5.87. The van der Waals surface area contributed by atoms with Crippen LogP contribution in [0.25, 0.3) is 0 Å². The molecule has 138 valence electrons. The lowest BCUT2D eigenvalue weighted by molar-refractivity contribution is -0.136. The summed E-state index contributed by atoms with van der Waals surface area (Å²) in [4.78, 5) is 17.5. The number of benzene rings is 2. The average molecular weight is 351 g/mol. The van der Waals surface area contributed by atoms with Crippen molar-refractivity contribution in [2.45, 2.75) is 38.4 Å². The summed E-state index contributed by atoms with van der Waals surface area (Å²) in [6.07, 6.45) is 0.962. The molecule has 1 heterocycles. The van der Waals surface area contributed by atoms with Crippen LogP contribution in [-0.2, 0) is 16.9 Å². The Balaban J connectivity index is 1.68. The molecule has 0 spiro atoms. The third-order valence-corrected chi connectivity index (χ3v) is 5.43. The van der Waals surface area contributed by atoms with Crippen molar-refractivity contribution in [3.8, 4) is 0 Å². The Morgan fingerprint density at radius 2 is 1.65 bits per heavy atom. The number of nitrogens with zero attached hydrogens (tertiary/aromatic N) is 2. The van der Waals surface area contributed by atoms with Crippen LogP contribution in [0.1, 0.15) is 31.4 Å². The SMILES string of the molecule is CC1CCN(C(=O)C(C)(N)c2ccccc2)CCN1Cc1ccccc1. The lowest BCUT2D eigenvalue weighted by Crippen LogP contribution is -2.51. The third kappa shape index (κ3) is 4.14. The Bertz CT molecular complexity index is 715. The first-order valence-corrected chi connectivity index (χ1v) is 9.40. The minimum absolute atomic E-state index is 0.0115. The summed E-state index contributed by atoms with van der Waals surface area (Å²) in [5.41, 5.74) is 7.64. The topological polar surface area (TPSA) is 49.6 Å². The molecule has 0 aliphatic carbocycles. The maximum absolute atomic E-state index is 13.1. The van der Waals surface area contributed by atoms with Gasteiger partial charge in [-0.25, -0.2) is 0 Å². The monoisotopic (exact) mass is 351 g/mol. The molecule has 2 aromatic rings. The molecule has 0 radical (unpaired) electrons. The summed E-state index contributed by atoms with van der Waals surface area (Å²) in [6.45, 7) is 7.33. The molecular weight excluding hydrogens is 322 g/mol. The molecule has 0 aromatic heterocycles. The molecule has 4 nitrogen and oxygen atoms in total. The Labute approximate surface area is 156 Å². The van der Waals surface area contributed by atoms with E-state index in [4.69, 9.17) is 5.73 Å². The van der Waals surface area contributed by atoms with E-state index in [1.807, 2.05) is 48.2 Å². The van der Waals surface area contributed by atoms with E-state index in [1.54, 1.807) is 0 Å². The quantitative estimate of drug-likeness (QED) is 0.921. The van der Waals surface area contributed by atoms with Gasteiger partial charge in [0.05, 0.1) is 0 Å². The number of amides is 1. The van der Waals surface area contributed by atoms with E-state index in [2.05, 4.69) is 36.1 Å². The second-order valence-electron chi connectivity index (χ2n) is 7.45. The smallest absolute Gasteiger partial charge is 0.247 e. The second kappa shape index (κ2) is 8.02. The Morgan fingerprint density at radius 3 is 2.31 bits per heavy atom. The first-order chi connectivity index (χ1) is 12.5. The van der Waals surface area contributed by atoms with Crippen molar-refractivity contribution in [3.63, 3.8) is 0 Å². The lowest BCUT2D eigenvalue weighted by atomic mass is 9.91. The molecule has 2 aromatic carbocycles. The summed E-state index contributed by atoms with van der Waals surface area (Å²) in [5, 5.41) is 0. The number of rotatable bonds is 4. The van der Waals surface area contributed by atoms with Crippen LogP contribution in [-0.4, -0.2) is 41.4 Å². The van der Waals surface area contributed by atoms with E-state index in [1.165, 1.54) is 5.56 Å². The van der Waals surface area contributed by atoms with E-state index in [9.17, 15) is 4.79 Å². The lowest BCUT2D eigenvalue weighted by Gasteiger charge is -2.31. The van der Waals surface area contributed by atoms with E-state index in [0.29, 0.717) is 6.04 Å². The molecule has 1 aliphatic heterocycles. The van der Waals surface area contributed by atoms with Crippen molar-refractivity contribution in [3.05, 3.63) is 71.8 Å². The van der Waals surface area contributed by atoms with Gasteiger partial charge in [-0.2, -0.15) is 0 Å². The van der Waals surface area contributed by atoms with Gasteiger partial charge in [0.15, 0.2) is 0 Å². The van der Waals surface area contributed by atoms with Crippen LogP contribution in [0.3, 0.4) is 0 Å². The summed E-state index contributed by atoms with van der Waals surface area (Å²) in [7, 11) is 0. The molecule has 1 aliphatic rings. The molecule has 2 unspecified atom stereocenters. The van der Waals surface area contributed by atoms with Gasteiger partial charge < -0.3 is 10.6 Å². The van der Waals surface area contributed by atoms with Crippen LogP contribution in [0.4, 0.5) is 0 Å². The third-order valence-electron chi connectivity index (χ3n) is 5.43. The van der Waals surface area contributed by atoms with Crippen molar-refractivity contribution in [2.75, 3.05) is 19.6 Å². The van der Waals surface area contributed by atoms with E-state index < -0.39 is 5.54 Å². The zero-order valence-corrected chi connectivity index (χ0v) is 15.8. The molecule has 1 amide bonds. The van der Waals surface area contributed by atoms with Crippen molar-refractivity contribution >= 4 is 5.91 Å². The van der Waals surface area contributed by atoms with Gasteiger partial charge in [-0.3, -0.25) is 9.69 Å². The Morgan fingerprint density at radius 1 is 1.04 bits per heavy atom. The van der Waals surface area contributed by atoms with Gasteiger partial charge in [0.1, 0.15) is 5.54 Å². The first kappa shape index (κ1) is 18.6. The van der Waals surface area contributed by atoms with Crippen molar-refractivity contribution in [1.82, 2.24) is 9.80 Å². The fourth-order valence-electron chi connectivity index (χ4n) is 3.60. The molecule has 0 saturated carbocycles. The molecule has 0 bridgehead atoms. The van der Waals surface area contributed by atoms with Crippen LogP contribution >= 0.6 is 0 Å². The Hall–Kier alpha value is -2.17. The number of nitrogens with two attached hydrogens (primary N) is 1. The van der Waals surface area contributed by atoms with Gasteiger partial charge in [-0.15, -0.1) is 0 Å². The minimum atomic E-state index is -0.987. The highest BCUT2D eigenvalue weighted by atomic mass is 16.2. The maximum Gasteiger partial charge on any atom is 0.247 e. The molecule has 2 atom stereocenters. The normalized spacial score (nSPS) is 21.0. The van der Waals surface area contributed by atoms with Crippen molar-refractivity contribution in [1.29, 1.82) is 0 Å². The van der Waals surface area contributed by atoms with Gasteiger partial charge in [-0.1, -0.05) is 60.7 Å². The number of hydrogen-bond acceptors (Lipinski definition) is 3. The van der Waals surface area contributed by atoms with Gasteiger partial charge in [-0.05, 0) is 31.4 Å². The summed E-state index contributed by atoms with van der Waals surface area (Å²) < 4.78 is 0. The fraction of sp³-hybridized carbons (Fsp3) is 0.409. The molecule has 1 fully saturated rings. The predicted molar refractivity (Wildman–Crippen MR) is 105 cm³/mol. The molecular formula is C22H29N3O. The summed E-state index contributed by atoms with van der Waals surface area (Å²) in [6, 6.07) is 20.6. The van der Waals surface area contributed by atoms with Crippen LogP contribution in [0.5, 0.6) is 0 Å². The van der Waals surface area contributed by atoms with E-state index >= 15 is 0 Å². The molecule has 1 saturated heterocycles. The second-order valence-corrected chi connectivity index (χ2v) is 7.45. The standard InChI is InChI=1S/C22H29N3O/c1-18-13-14-24(15-16-25(18)17-19-9-5-3-6-10-19)21(26)22(2,23)20-11-7-4-8-12-20/h3-12,18H,13-17,23H2,1-2H3. The maximum atomic E-state index is 13.1. The van der Waals surface area contributed by atoms with Crippen LogP contribution in [0, 0.1) is 0 Å². The number of carbonyl (C=O) groups is 1. The zero-order chi connectivity index (χ0) is 18.6. The van der Waals surface area contributed by atoms with Crippen molar-refractivity contribution < 1.29 is 4.79 Å². The highest BCUT2D eigenvalue weighted by Gasteiger charge is 2.35. The molecule has 2 N–H and O–H groups in total. The molecule has 3 rings (SSSR count). The van der Waals surface area contributed by atoms with Crippen LogP contribution < -0.4 is 5.73 Å². The van der Waals surface area contributed by atoms with Gasteiger partial charge in [0.2, 0.25) is 5.91 Å². The van der Waals surface area contributed by atoms with Gasteiger partial charge >= 0.3 is 0 Å². The van der Waals surface area contributed by atoms with Crippen LogP contribution in [0.2, 0.25) is 0 Å². The van der Waals surface area contributed by atoms with E-state index in [0.717, 1.165) is 38.2 Å². The summed E-state index contributed by atoms with van der Waals surface area (Å²) in [5.74, 6) is 0.0115. The highest BCUT2D eigenvalue weighted by Crippen LogP contribution is 2.22. The first-order valence-electron chi connectivity index (χ1n) is 9.40. The van der Waals surface area contributed by atoms with Crippen molar-refractivity contribution in [2.24, 2.45) is 5.73 Å². The fourth-order valence-corrected chi connectivity index (χ4v) is 3.60. The summed E-state index contributed by atoms with van der Waals surface area (Å²) >= 11 is 0. The van der Waals surface area contributed by atoms with Crippen LogP contribution in [0.15, 0.2) is 60.7 Å². The predicted octanol–water partition coefficient (Wildman–Crippen LogP) is 2.98. The van der Waals surface area contributed by atoms with Gasteiger partial charge in [0.25, 0.3) is 0 Å². The van der Waals surface area contributed by atoms with Gasteiger partial charge in [0, 0.05) is 32.2 Å². The number of hydrogen-bond donors (Lipinski definition) is 1. The Kier molecular flexibility index (Phi) is 5.74. The molecule has 4 heteroatoms. The largest absolute Gasteiger partial charge is 0.339 e. The number of carbonyl (C=O) groups excluding carboxylic acids is 1. The average Bonchev–Trinajstić information content (AvgIpc) is 2.85. The minimum Gasteiger partial charge on any atom is -0.339 e. The van der Waals surface area contributed by atoms with E-state index in [-0.39, 0.29) is 5.91 Å². The molecule has 26 heavy (non-hydrogen) atoms.